The van der Waals surface area contributed by atoms with Crippen LogP contribution in [0.5, 0.6) is 0 Å². The number of hydrogen-bond donors (Lipinski definition) is 1. The second-order valence-corrected chi connectivity index (χ2v) is 6.76. The van der Waals surface area contributed by atoms with Gasteiger partial charge in [0.15, 0.2) is 0 Å². The normalized spacial score (nSPS) is 19.1. The zero-order valence-corrected chi connectivity index (χ0v) is 13.0. The molecule has 0 aliphatic carbocycles. The summed E-state index contributed by atoms with van der Waals surface area (Å²) in [6.45, 7) is 7.17. The van der Waals surface area contributed by atoms with Crippen LogP contribution in [0, 0.1) is 13.8 Å². The molecule has 1 N–H and O–H groups in total. The van der Waals surface area contributed by atoms with E-state index in [1.54, 1.807) is 0 Å². The molecule has 2 atom stereocenters. The Hall–Kier alpha value is -1.26. The Morgan fingerprint density at radius 3 is 2.90 bits per heavy atom. The molecule has 3 nitrogen and oxygen atoms in total. The molecule has 2 heterocycles. The number of nitrogens with zero attached hydrogens (tertiary/aromatic N) is 1. The van der Waals surface area contributed by atoms with Gasteiger partial charge in [-0.2, -0.15) is 0 Å². The van der Waals surface area contributed by atoms with E-state index in [0.29, 0.717) is 5.25 Å². The fourth-order valence-electron chi connectivity index (χ4n) is 2.89. The van der Waals surface area contributed by atoms with E-state index in [2.05, 4.69) is 41.7 Å². The summed E-state index contributed by atoms with van der Waals surface area (Å²) in [5.74, 6) is 0.921. The van der Waals surface area contributed by atoms with Crippen LogP contribution in [0.3, 0.4) is 0 Å². The molecule has 0 amide bonds. The lowest BCUT2D eigenvalue weighted by Gasteiger charge is -2.16. The second-order valence-electron chi connectivity index (χ2n) is 5.42. The van der Waals surface area contributed by atoms with Gasteiger partial charge in [-0.05, 0) is 38.8 Å². The fourth-order valence-corrected chi connectivity index (χ4v) is 4.15. The van der Waals surface area contributed by atoms with Crippen LogP contribution < -0.4 is 5.32 Å². The minimum Gasteiger partial charge on any atom is -0.361 e. The van der Waals surface area contributed by atoms with Crippen LogP contribution >= 0.6 is 11.8 Å². The van der Waals surface area contributed by atoms with Gasteiger partial charge in [0.1, 0.15) is 5.76 Å². The van der Waals surface area contributed by atoms with Crippen molar-refractivity contribution in [3.63, 3.8) is 0 Å². The summed E-state index contributed by atoms with van der Waals surface area (Å²) in [6, 6.07) is 8.98. The molecule has 1 aliphatic heterocycles. The van der Waals surface area contributed by atoms with Gasteiger partial charge in [0, 0.05) is 28.3 Å². The highest BCUT2D eigenvalue weighted by molar-refractivity contribution is 8.00. The second kappa shape index (κ2) is 5.62. The summed E-state index contributed by atoms with van der Waals surface area (Å²) in [6.07, 6.45) is 1.15. The average molecular weight is 288 g/mol. The highest BCUT2D eigenvalue weighted by Gasteiger charge is 2.23. The van der Waals surface area contributed by atoms with Gasteiger partial charge in [-0.1, -0.05) is 23.4 Å². The summed E-state index contributed by atoms with van der Waals surface area (Å²) in [7, 11) is 0. The van der Waals surface area contributed by atoms with Crippen molar-refractivity contribution in [3.8, 4) is 0 Å². The lowest BCUT2D eigenvalue weighted by molar-refractivity contribution is 0.390. The van der Waals surface area contributed by atoms with Crippen molar-refractivity contribution < 1.29 is 4.52 Å². The van der Waals surface area contributed by atoms with Crippen LogP contribution in [0.4, 0.5) is 0 Å². The van der Waals surface area contributed by atoms with E-state index in [1.165, 1.54) is 16.0 Å². The Bertz CT molecular complexity index is 564. The molecule has 0 bridgehead atoms. The quantitative estimate of drug-likeness (QED) is 0.932. The van der Waals surface area contributed by atoms with Crippen LogP contribution in [-0.4, -0.2) is 17.0 Å². The summed E-state index contributed by atoms with van der Waals surface area (Å²) in [4.78, 5) is 1.43. The van der Waals surface area contributed by atoms with Crippen LogP contribution in [-0.2, 0) is 6.42 Å². The van der Waals surface area contributed by atoms with E-state index in [-0.39, 0.29) is 6.04 Å². The number of benzene rings is 1. The smallest absolute Gasteiger partial charge is 0.138 e. The molecule has 4 heteroatoms. The largest absolute Gasteiger partial charge is 0.361 e. The van der Waals surface area contributed by atoms with Crippen molar-refractivity contribution >= 4 is 11.8 Å². The first-order valence-electron chi connectivity index (χ1n) is 7.06. The van der Waals surface area contributed by atoms with Crippen molar-refractivity contribution in [1.82, 2.24) is 10.5 Å². The molecule has 1 aromatic carbocycles. The Labute approximate surface area is 124 Å². The molecule has 20 heavy (non-hydrogen) atoms. The first-order chi connectivity index (χ1) is 9.65. The van der Waals surface area contributed by atoms with Gasteiger partial charge in [0.2, 0.25) is 0 Å². The van der Waals surface area contributed by atoms with E-state index in [0.717, 1.165) is 24.4 Å². The van der Waals surface area contributed by atoms with E-state index in [9.17, 15) is 0 Å². The lowest BCUT2D eigenvalue weighted by atomic mass is 10.1. The predicted molar refractivity (Wildman–Crippen MR) is 82.2 cm³/mol. The maximum atomic E-state index is 5.24. The molecule has 106 valence electrons. The van der Waals surface area contributed by atoms with Gasteiger partial charge in [-0.15, -0.1) is 11.8 Å². The molecule has 2 aromatic rings. The molecular formula is C16H20N2OS. The standard InChI is InChI=1S/C16H20N2OS/c1-10(16-11(2)18-19-12(16)3)17-9-14-8-13-6-4-5-7-15(13)20-14/h4-7,10,14,17H,8-9H2,1-3H3. The highest BCUT2D eigenvalue weighted by atomic mass is 32.2. The van der Waals surface area contributed by atoms with Crippen LogP contribution in [0.25, 0.3) is 0 Å². The van der Waals surface area contributed by atoms with Crippen LogP contribution in [0.15, 0.2) is 33.7 Å². The monoisotopic (exact) mass is 288 g/mol. The summed E-state index contributed by atoms with van der Waals surface area (Å²) in [5.41, 5.74) is 3.67. The number of aromatic nitrogens is 1. The molecule has 1 aliphatic rings. The first kappa shape index (κ1) is 13.7. The number of thioether (sulfide) groups is 1. The molecule has 0 radical (unpaired) electrons. The number of fused-ring (bicyclic) bond motifs is 1. The Morgan fingerprint density at radius 1 is 1.40 bits per heavy atom. The maximum absolute atomic E-state index is 5.24. The van der Waals surface area contributed by atoms with E-state index in [1.807, 2.05) is 25.6 Å². The van der Waals surface area contributed by atoms with Gasteiger partial charge in [-0.3, -0.25) is 0 Å². The summed E-state index contributed by atoms with van der Waals surface area (Å²) >= 11 is 1.98. The molecule has 0 saturated heterocycles. The van der Waals surface area contributed by atoms with Crippen molar-refractivity contribution in [3.05, 3.63) is 46.8 Å². The van der Waals surface area contributed by atoms with Crippen molar-refractivity contribution in [2.75, 3.05) is 6.54 Å². The van der Waals surface area contributed by atoms with Crippen molar-refractivity contribution in [1.29, 1.82) is 0 Å². The molecule has 0 saturated carbocycles. The number of aryl methyl sites for hydroxylation is 2. The SMILES string of the molecule is Cc1noc(C)c1C(C)NCC1Cc2ccccc2S1. The van der Waals surface area contributed by atoms with Crippen LogP contribution in [0.1, 0.15) is 35.5 Å². The maximum Gasteiger partial charge on any atom is 0.138 e. The predicted octanol–water partition coefficient (Wildman–Crippen LogP) is 3.66. The van der Waals surface area contributed by atoms with Gasteiger partial charge in [0.05, 0.1) is 5.69 Å². The highest BCUT2D eigenvalue weighted by Crippen LogP contribution is 2.36. The molecule has 3 rings (SSSR count). The molecule has 0 spiro atoms. The third-order valence-electron chi connectivity index (χ3n) is 3.89. The lowest BCUT2D eigenvalue weighted by Crippen LogP contribution is -2.27. The van der Waals surface area contributed by atoms with E-state index < -0.39 is 0 Å². The minimum atomic E-state index is 0.283. The van der Waals surface area contributed by atoms with Crippen molar-refractivity contribution in [2.45, 2.75) is 43.4 Å². The summed E-state index contributed by atoms with van der Waals surface area (Å²) in [5, 5.41) is 8.27. The third kappa shape index (κ3) is 2.63. The number of hydrogen-bond acceptors (Lipinski definition) is 4. The molecular weight excluding hydrogens is 268 g/mol. The first-order valence-corrected chi connectivity index (χ1v) is 7.94. The zero-order chi connectivity index (χ0) is 14.1. The van der Waals surface area contributed by atoms with Gasteiger partial charge >= 0.3 is 0 Å². The summed E-state index contributed by atoms with van der Waals surface area (Å²) < 4.78 is 5.24. The topological polar surface area (TPSA) is 38.1 Å². The number of nitrogens with one attached hydrogen (secondary N) is 1. The zero-order valence-electron chi connectivity index (χ0n) is 12.1. The minimum absolute atomic E-state index is 0.283. The molecule has 0 fully saturated rings. The van der Waals surface area contributed by atoms with Gasteiger partial charge < -0.3 is 9.84 Å². The third-order valence-corrected chi connectivity index (χ3v) is 5.21. The Morgan fingerprint density at radius 2 is 2.20 bits per heavy atom. The average Bonchev–Trinajstić information content (AvgIpc) is 2.99. The van der Waals surface area contributed by atoms with Gasteiger partial charge in [-0.25, -0.2) is 0 Å². The molecule has 1 aromatic heterocycles. The molecule has 2 unspecified atom stereocenters. The van der Waals surface area contributed by atoms with E-state index >= 15 is 0 Å². The number of rotatable bonds is 4. The van der Waals surface area contributed by atoms with E-state index in [4.69, 9.17) is 4.52 Å². The van der Waals surface area contributed by atoms with Gasteiger partial charge in [0.25, 0.3) is 0 Å². The van der Waals surface area contributed by atoms with Crippen molar-refractivity contribution in [2.24, 2.45) is 0 Å². The van der Waals surface area contributed by atoms with Crippen LogP contribution in [0.2, 0.25) is 0 Å². The Balaban J connectivity index is 1.59. The fraction of sp³-hybridized carbons (Fsp3) is 0.438. The Kier molecular flexibility index (Phi) is 3.85.